The van der Waals surface area contributed by atoms with Crippen LogP contribution in [-0.2, 0) is 28.6 Å². The van der Waals surface area contributed by atoms with Crippen molar-refractivity contribution in [1.29, 1.82) is 0 Å². The average molecular weight is 1040 g/mol. The summed E-state index contributed by atoms with van der Waals surface area (Å²) in [6.45, 7) is 6.64. The van der Waals surface area contributed by atoms with Crippen LogP contribution in [0, 0.1) is 0 Å². The van der Waals surface area contributed by atoms with E-state index in [0.717, 1.165) is 70.6 Å². The minimum Gasteiger partial charge on any atom is -0.462 e. The summed E-state index contributed by atoms with van der Waals surface area (Å²) in [7, 11) is 0. The molecule has 0 aliphatic carbocycles. The first-order chi connectivity index (χ1) is 36.5. The van der Waals surface area contributed by atoms with Crippen molar-refractivity contribution in [2.24, 2.45) is 0 Å². The lowest BCUT2D eigenvalue weighted by molar-refractivity contribution is -0.167. The molecule has 0 aliphatic rings. The number of rotatable bonds is 61. The van der Waals surface area contributed by atoms with Gasteiger partial charge in [-0.05, 0) is 70.6 Å². The van der Waals surface area contributed by atoms with Crippen molar-refractivity contribution in [3.63, 3.8) is 0 Å². The Morgan fingerprint density at radius 2 is 0.500 bits per heavy atom. The monoisotopic (exact) mass is 1040 g/mol. The number of hydrogen-bond acceptors (Lipinski definition) is 6. The van der Waals surface area contributed by atoms with E-state index in [1.165, 1.54) is 250 Å². The molecule has 6 heteroatoms. The van der Waals surface area contributed by atoms with E-state index < -0.39 is 6.10 Å². The highest BCUT2D eigenvalue weighted by molar-refractivity contribution is 5.71. The van der Waals surface area contributed by atoms with Gasteiger partial charge in [-0.25, -0.2) is 0 Å². The van der Waals surface area contributed by atoms with Crippen LogP contribution >= 0.6 is 0 Å². The molecule has 1 unspecified atom stereocenters. The molecule has 0 heterocycles. The molecular weight excluding hydrogens is 913 g/mol. The Bertz CT molecular complexity index is 1240. The van der Waals surface area contributed by atoms with Crippen molar-refractivity contribution in [1.82, 2.24) is 0 Å². The molecule has 1 atom stereocenters. The first kappa shape index (κ1) is 71.6. The Morgan fingerprint density at radius 1 is 0.270 bits per heavy atom. The second kappa shape index (κ2) is 63.2. The van der Waals surface area contributed by atoms with Crippen LogP contribution in [0.4, 0.5) is 0 Å². The van der Waals surface area contributed by atoms with Gasteiger partial charge in [0.15, 0.2) is 6.10 Å². The van der Waals surface area contributed by atoms with E-state index in [9.17, 15) is 14.4 Å². The molecule has 74 heavy (non-hydrogen) atoms. The number of carbonyl (C=O) groups is 3. The number of unbranched alkanes of at least 4 members (excludes halogenated alkanes) is 44. The highest BCUT2D eigenvalue weighted by atomic mass is 16.6. The Hall–Kier alpha value is -2.37. The fraction of sp³-hybridized carbons (Fsp3) is 0.868. The first-order valence-electron chi connectivity index (χ1n) is 33.0. The summed E-state index contributed by atoms with van der Waals surface area (Å²) in [5.41, 5.74) is 0. The fourth-order valence-electron chi connectivity index (χ4n) is 9.87. The predicted octanol–water partition coefficient (Wildman–Crippen LogP) is 22.4. The number of allylic oxidation sites excluding steroid dienone is 6. The van der Waals surface area contributed by atoms with E-state index in [4.69, 9.17) is 14.2 Å². The van der Waals surface area contributed by atoms with Crippen LogP contribution in [0.15, 0.2) is 36.5 Å². The molecule has 0 saturated heterocycles. The summed E-state index contributed by atoms with van der Waals surface area (Å²) >= 11 is 0. The van der Waals surface area contributed by atoms with E-state index in [0.29, 0.717) is 19.3 Å². The molecule has 0 aromatic carbocycles. The van der Waals surface area contributed by atoms with Gasteiger partial charge in [-0.2, -0.15) is 0 Å². The van der Waals surface area contributed by atoms with Crippen molar-refractivity contribution in [3.8, 4) is 0 Å². The van der Waals surface area contributed by atoms with Gasteiger partial charge in [-0.3, -0.25) is 14.4 Å². The van der Waals surface area contributed by atoms with Gasteiger partial charge in [-0.15, -0.1) is 0 Å². The molecular formula is C68H126O6. The van der Waals surface area contributed by atoms with Gasteiger partial charge in [0.25, 0.3) is 0 Å². The highest BCUT2D eigenvalue weighted by Gasteiger charge is 2.19. The summed E-state index contributed by atoms with van der Waals surface area (Å²) in [6.07, 6.45) is 77.4. The molecule has 0 radical (unpaired) electrons. The Morgan fingerprint density at radius 3 is 0.797 bits per heavy atom. The van der Waals surface area contributed by atoms with Gasteiger partial charge in [0.2, 0.25) is 0 Å². The standard InChI is InChI=1S/C68H126O6/c1-4-7-10-13-16-19-22-24-26-28-30-32-33-34-36-37-39-41-43-46-49-52-55-58-61-67(70)73-64-65(63-72-66(69)60-57-54-51-48-45-21-18-15-12-9-6-3)74-68(71)62-59-56-53-50-47-44-42-40-38-35-31-29-27-25-23-20-17-14-11-8-5-2/h15,18,23,25,29,31,65H,4-14,16-17,19-22,24,26-28,30,32-64H2,1-3H3/b18-15-,25-23-,31-29-. The third-order valence-corrected chi connectivity index (χ3v) is 14.9. The molecule has 6 nitrogen and oxygen atoms in total. The van der Waals surface area contributed by atoms with Crippen LogP contribution in [0.25, 0.3) is 0 Å². The van der Waals surface area contributed by atoms with Crippen molar-refractivity contribution >= 4 is 17.9 Å². The maximum atomic E-state index is 12.9. The highest BCUT2D eigenvalue weighted by Crippen LogP contribution is 2.18. The Balaban J connectivity index is 4.22. The number of ether oxygens (including phenoxy) is 3. The van der Waals surface area contributed by atoms with Crippen molar-refractivity contribution in [3.05, 3.63) is 36.5 Å². The van der Waals surface area contributed by atoms with Gasteiger partial charge in [-0.1, -0.05) is 308 Å². The van der Waals surface area contributed by atoms with E-state index in [1.54, 1.807) is 0 Å². The molecule has 0 aromatic rings. The van der Waals surface area contributed by atoms with Crippen LogP contribution < -0.4 is 0 Å². The van der Waals surface area contributed by atoms with Gasteiger partial charge in [0, 0.05) is 19.3 Å². The van der Waals surface area contributed by atoms with Crippen molar-refractivity contribution < 1.29 is 28.6 Å². The SMILES string of the molecule is CCCC/C=C\CCCCCCCC(=O)OCC(COC(=O)CCCCCCCCCCCCCCCCCCCCCCCCCC)OC(=O)CCCCCCCCCCC/C=C\C/C=C\CCCCCCC. The number of carbonyl (C=O) groups excluding carboxylic acids is 3. The lowest BCUT2D eigenvalue weighted by Crippen LogP contribution is -2.30. The van der Waals surface area contributed by atoms with Crippen LogP contribution in [0.1, 0.15) is 361 Å². The molecule has 0 spiro atoms. The second-order valence-corrected chi connectivity index (χ2v) is 22.4. The zero-order valence-corrected chi connectivity index (χ0v) is 49.9. The van der Waals surface area contributed by atoms with E-state index in [2.05, 4.69) is 57.2 Å². The van der Waals surface area contributed by atoms with Gasteiger partial charge < -0.3 is 14.2 Å². The summed E-state index contributed by atoms with van der Waals surface area (Å²) in [5.74, 6) is -0.864. The lowest BCUT2D eigenvalue weighted by atomic mass is 10.0. The number of esters is 3. The second-order valence-electron chi connectivity index (χ2n) is 22.4. The van der Waals surface area contributed by atoms with E-state index >= 15 is 0 Å². The van der Waals surface area contributed by atoms with Crippen LogP contribution in [0.2, 0.25) is 0 Å². The Kier molecular flexibility index (Phi) is 61.1. The lowest BCUT2D eigenvalue weighted by Gasteiger charge is -2.18. The molecule has 434 valence electrons. The summed E-state index contributed by atoms with van der Waals surface area (Å²) in [6, 6.07) is 0. The van der Waals surface area contributed by atoms with Crippen LogP contribution in [-0.4, -0.2) is 37.2 Å². The summed E-state index contributed by atoms with van der Waals surface area (Å²) in [5, 5.41) is 0. The molecule has 0 aromatic heterocycles. The normalized spacial score (nSPS) is 12.2. The maximum absolute atomic E-state index is 12.9. The number of hydrogen-bond donors (Lipinski definition) is 0. The topological polar surface area (TPSA) is 78.9 Å². The summed E-state index contributed by atoms with van der Waals surface area (Å²) in [4.78, 5) is 38.3. The van der Waals surface area contributed by atoms with E-state index in [1.807, 2.05) is 0 Å². The Labute approximate surface area is 461 Å². The molecule has 0 fully saturated rings. The molecule has 0 saturated carbocycles. The fourth-order valence-corrected chi connectivity index (χ4v) is 9.87. The van der Waals surface area contributed by atoms with Gasteiger partial charge >= 0.3 is 17.9 Å². The molecule has 0 amide bonds. The zero-order chi connectivity index (χ0) is 53.6. The quantitative estimate of drug-likeness (QED) is 0.0261. The summed E-state index contributed by atoms with van der Waals surface area (Å²) < 4.78 is 16.9. The van der Waals surface area contributed by atoms with Crippen LogP contribution in [0.3, 0.4) is 0 Å². The van der Waals surface area contributed by atoms with Crippen molar-refractivity contribution in [2.75, 3.05) is 13.2 Å². The molecule has 0 aliphatic heterocycles. The molecule has 0 bridgehead atoms. The minimum atomic E-state index is -0.776. The van der Waals surface area contributed by atoms with E-state index in [-0.39, 0.29) is 31.1 Å². The largest absolute Gasteiger partial charge is 0.462 e. The van der Waals surface area contributed by atoms with Crippen molar-refractivity contribution in [2.45, 2.75) is 367 Å². The predicted molar refractivity (Wildman–Crippen MR) is 321 cm³/mol. The average Bonchev–Trinajstić information content (AvgIpc) is 3.40. The zero-order valence-electron chi connectivity index (χ0n) is 49.9. The third-order valence-electron chi connectivity index (χ3n) is 14.9. The third kappa shape index (κ3) is 60.5. The maximum Gasteiger partial charge on any atom is 0.306 e. The van der Waals surface area contributed by atoms with Crippen LogP contribution in [0.5, 0.6) is 0 Å². The van der Waals surface area contributed by atoms with Gasteiger partial charge in [0.1, 0.15) is 13.2 Å². The first-order valence-corrected chi connectivity index (χ1v) is 33.0. The minimum absolute atomic E-state index is 0.0723. The van der Waals surface area contributed by atoms with Gasteiger partial charge in [0.05, 0.1) is 0 Å². The molecule has 0 rings (SSSR count). The smallest absolute Gasteiger partial charge is 0.306 e. The molecule has 0 N–H and O–H groups in total.